The van der Waals surface area contributed by atoms with Gasteiger partial charge in [0.1, 0.15) is 5.76 Å². The Labute approximate surface area is 76.3 Å². The second-order valence-corrected chi connectivity index (χ2v) is 2.62. The first-order chi connectivity index (χ1) is 6.40. The summed E-state index contributed by atoms with van der Waals surface area (Å²) in [6.07, 6.45) is 0. The van der Waals surface area contributed by atoms with E-state index in [2.05, 4.69) is 4.85 Å². The van der Waals surface area contributed by atoms with Gasteiger partial charge in [-0.15, -0.1) is 0 Å². The molecule has 13 heavy (non-hydrogen) atoms. The largest absolute Gasteiger partial charge is 0.480 e. The van der Waals surface area contributed by atoms with Gasteiger partial charge < -0.3 is 4.42 Å². The van der Waals surface area contributed by atoms with Gasteiger partial charge in [-0.3, -0.25) is 0 Å². The molecule has 62 valence electrons. The summed E-state index contributed by atoms with van der Waals surface area (Å²) in [5.74, 6) is 1.07. The quantitative estimate of drug-likeness (QED) is 0.597. The molecule has 0 saturated carbocycles. The van der Waals surface area contributed by atoms with Crippen LogP contribution in [0.5, 0.6) is 0 Å². The van der Waals surface area contributed by atoms with Gasteiger partial charge in [0.2, 0.25) is 0 Å². The van der Waals surface area contributed by atoms with Crippen LogP contribution in [-0.2, 0) is 0 Å². The number of benzene rings is 1. The van der Waals surface area contributed by atoms with Gasteiger partial charge in [0.15, 0.2) is 0 Å². The third kappa shape index (κ3) is 1.45. The Hall–Kier alpha value is -2.01. The molecule has 0 aliphatic carbocycles. The summed E-state index contributed by atoms with van der Waals surface area (Å²) in [5.41, 5.74) is 0.998. The molecule has 0 aliphatic heterocycles. The molecule has 0 aliphatic rings. The molecule has 0 N–H and O–H groups in total. The monoisotopic (exact) mass is 169 g/mol. The van der Waals surface area contributed by atoms with E-state index in [9.17, 15) is 0 Å². The number of furan rings is 1. The number of hydrogen-bond acceptors (Lipinski definition) is 1. The second kappa shape index (κ2) is 3.16. The molecule has 0 amide bonds. The van der Waals surface area contributed by atoms with Crippen molar-refractivity contribution in [2.45, 2.75) is 0 Å². The highest BCUT2D eigenvalue weighted by Crippen LogP contribution is 2.25. The number of rotatable bonds is 1. The van der Waals surface area contributed by atoms with Crippen LogP contribution >= 0.6 is 0 Å². The maximum absolute atomic E-state index is 6.75. The van der Waals surface area contributed by atoms with Gasteiger partial charge in [0.25, 0.3) is 0 Å². The summed E-state index contributed by atoms with van der Waals surface area (Å²) < 4.78 is 5.26. The van der Waals surface area contributed by atoms with Crippen LogP contribution in [0.15, 0.2) is 46.9 Å². The molecule has 1 aromatic heterocycles. The Bertz CT molecular complexity index is 437. The molecule has 0 bridgehead atoms. The molecular formula is C11H7NO. The minimum atomic E-state index is 0.332. The third-order valence-electron chi connectivity index (χ3n) is 1.76. The van der Waals surface area contributed by atoms with Crippen molar-refractivity contribution >= 4 is 5.88 Å². The first-order valence-corrected chi connectivity index (χ1v) is 3.93. The molecule has 0 atom stereocenters. The van der Waals surface area contributed by atoms with Crippen molar-refractivity contribution in [2.24, 2.45) is 0 Å². The maximum atomic E-state index is 6.75. The van der Waals surface area contributed by atoms with E-state index < -0.39 is 0 Å². The van der Waals surface area contributed by atoms with Crippen molar-refractivity contribution in [3.63, 3.8) is 0 Å². The fourth-order valence-electron chi connectivity index (χ4n) is 1.15. The van der Waals surface area contributed by atoms with E-state index in [0.717, 1.165) is 11.3 Å². The van der Waals surface area contributed by atoms with E-state index in [1.807, 2.05) is 36.4 Å². The highest BCUT2D eigenvalue weighted by molar-refractivity contribution is 5.59. The standard InChI is InChI=1S/C11H7NO/c1-12-11-8-7-10(13-11)9-5-3-2-4-6-9/h2-8H. The van der Waals surface area contributed by atoms with Crippen molar-refractivity contribution in [1.82, 2.24) is 0 Å². The van der Waals surface area contributed by atoms with Gasteiger partial charge >= 0.3 is 5.88 Å². The van der Waals surface area contributed by atoms with Crippen LogP contribution < -0.4 is 0 Å². The minimum absolute atomic E-state index is 0.332. The fourth-order valence-corrected chi connectivity index (χ4v) is 1.15. The van der Waals surface area contributed by atoms with Gasteiger partial charge in [-0.2, -0.15) is 4.85 Å². The van der Waals surface area contributed by atoms with Crippen molar-refractivity contribution < 1.29 is 4.42 Å². The van der Waals surface area contributed by atoms with Crippen LogP contribution in [0.25, 0.3) is 16.2 Å². The molecule has 1 aromatic carbocycles. The van der Waals surface area contributed by atoms with E-state index in [-0.39, 0.29) is 0 Å². The zero-order valence-electron chi connectivity index (χ0n) is 6.90. The van der Waals surface area contributed by atoms with Crippen molar-refractivity contribution in [3.05, 3.63) is 53.9 Å². The molecule has 0 radical (unpaired) electrons. The van der Waals surface area contributed by atoms with Gasteiger partial charge in [0.05, 0.1) is 6.57 Å². The first-order valence-electron chi connectivity index (χ1n) is 3.93. The maximum Gasteiger partial charge on any atom is 0.346 e. The van der Waals surface area contributed by atoms with E-state index >= 15 is 0 Å². The molecule has 2 heteroatoms. The average Bonchev–Trinajstić information content (AvgIpc) is 2.67. The lowest BCUT2D eigenvalue weighted by atomic mass is 10.2. The lowest BCUT2D eigenvalue weighted by molar-refractivity contribution is 0.607. The van der Waals surface area contributed by atoms with Gasteiger partial charge in [0, 0.05) is 5.56 Å². The molecular weight excluding hydrogens is 162 g/mol. The topological polar surface area (TPSA) is 17.5 Å². The van der Waals surface area contributed by atoms with E-state index in [4.69, 9.17) is 11.0 Å². The average molecular weight is 169 g/mol. The molecule has 2 nitrogen and oxygen atoms in total. The molecule has 0 fully saturated rings. The Morgan fingerprint density at radius 3 is 2.38 bits per heavy atom. The number of hydrogen-bond donors (Lipinski definition) is 0. The summed E-state index contributed by atoms with van der Waals surface area (Å²) in [6, 6.07) is 13.2. The molecule has 2 rings (SSSR count). The van der Waals surface area contributed by atoms with Crippen LogP contribution in [-0.4, -0.2) is 0 Å². The van der Waals surface area contributed by atoms with Gasteiger partial charge in [-0.05, 0) is 12.1 Å². The summed E-state index contributed by atoms with van der Waals surface area (Å²) in [5, 5.41) is 0. The van der Waals surface area contributed by atoms with Crippen LogP contribution in [0.4, 0.5) is 5.88 Å². The smallest absolute Gasteiger partial charge is 0.346 e. The third-order valence-corrected chi connectivity index (χ3v) is 1.76. The fraction of sp³-hybridized carbons (Fsp3) is 0. The predicted octanol–water partition coefficient (Wildman–Crippen LogP) is 3.50. The summed E-state index contributed by atoms with van der Waals surface area (Å²) in [4.78, 5) is 3.20. The SMILES string of the molecule is [C-]#[N+]c1ccc(-c2ccccc2)o1. The lowest BCUT2D eigenvalue weighted by Crippen LogP contribution is -1.69. The molecule has 0 spiro atoms. The van der Waals surface area contributed by atoms with Crippen LogP contribution in [0.2, 0.25) is 0 Å². The summed E-state index contributed by atoms with van der Waals surface area (Å²) in [6.45, 7) is 6.75. The molecule has 2 aromatic rings. The summed E-state index contributed by atoms with van der Waals surface area (Å²) in [7, 11) is 0. The minimum Gasteiger partial charge on any atom is -0.480 e. The Balaban J connectivity index is 2.43. The van der Waals surface area contributed by atoms with E-state index in [1.165, 1.54) is 0 Å². The van der Waals surface area contributed by atoms with Crippen molar-refractivity contribution in [2.75, 3.05) is 0 Å². The normalized spacial score (nSPS) is 9.46. The Morgan fingerprint density at radius 1 is 1.00 bits per heavy atom. The molecule has 1 heterocycles. The van der Waals surface area contributed by atoms with Crippen molar-refractivity contribution in [1.29, 1.82) is 0 Å². The Kier molecular flexibility index (Phi) is 1.85. The first kappa shape index (κ1) is 7.63. The van der Waals surface area contributed by atoms with E-state index in [0.29, 0.717) is 5.88 Å². The van der Waals surface area contributed by atoms with Gasteiger partial charge in [-0.1, -0.05) is 30.3 Å². The highest BCUT2D eigenvalue weighted by Gasteiger charge is 2.01. The zero-order valence-corrected chi connectivity index (χ0v) is 6.90. The number of nitrogens with zero attached hydrogens (tertiary/aromatic N) is 1. The predicted molar refractivity (Wildman–Crippen MR) is 50.4 cm³/mol. The van der Waals surface area contributed by atoms with Crippen molar-refractivity contribution in [3.8, 4) is 11.3 Å². The lowest BCUT2D eigenvalue weighted by Gasteiger charge is -1.94. The van der Waals surface area contributed by atoms with Gasteiger partial charge in [-0.25, -0.2) is 0 Å². The summed E-state index contributed by atoms with van der Waals surface area (Å²) >= 11 is 0. The Morgan fingerprint density at radius 2 is 1.77 bits per heavy atom. The van der Waals surface area contributed by atoms with Crippen LogP contribution in [0.1, 0.15) is 0 Å². The molecule has 0 unspecified atom stereocenters. The van der Waals surface area contributed by atoms with Crippen LogP contribution in [0.3, 0.4) is 0 Å². The van der Waals surface area contributed by atoms with Crippen LogP contribution in [0, 0.1) is 6.57 Å². The van der Waals surface area contributed by atoms with E-state index in [1.54, 1.807) is 6.07 Å². The second-order valence-electron chi connectivity index (χ2n) is 2.62. The molecule has 0 saturated heterocycles. The zero-order chi connectivity index (χ0) is 9.10. The highest BCUT2D eigenvalue weighted by atomic mass is 16.4.